The summed E-state index contributed by atoms with van der Waals surface area (Å²) in [6.07, 6.45) is 0.744. The normalized spacial score (nSPS) is 15.1. The lowest BCUT2D eigenvalue weighted by molar-refractivity contribution is -0.135. The van der Waals surface area contributed by atoms with Crippen LogP contribution >= 0.6 is 0 Å². The summed E-state index contributed by atoms with van der Waals surface area (Å²) < 4.78 is 33.8. The number of ether oxygens (including phenoxy) is 1. The van der Waals surface area contributed by atoms with Crippen molar-refractivity contribution in [2.24, 2.45) is 0 Å². The van der Waals surface area contributed by atoms with Crippen molar-refractivity contribution in [2.75, 3.05) is 7.11 Å². The van der Waals surface area contributed by atoms with Crippen LogP contribution in [-0.4, -0.2) is 38.7 Å². The number of halogens is 2. The van der Waals surface area contributed by atoms with Crippen molar-refractivity contribution < 1.29 is 18.3 Å². The van der Waals surface area contributed by atoms with E-state index < -0.39 is 0 Å². The summed E-state index contributed by atoms with van der Waals surface area (Å²) in [5.41, 5.74) is 3.50. The Labute approximate surface area is 201 Å². The molecule has 0 bridgehead atoms. The minimum atomic E-state index is -0.370. The zero-order valence-electron chi connectivity index (χ0n) is 19.4. The smallest absolute Gasteiger partial charge is 0.244 e. The van der Waals surface area contributed by atoms with Gasteiger partial charge in [-0.2, -0.15) is 0 Å². The second-order valence-corrected chi connectivity index (χ2v) is 8.64. The minimum Gasteiger partial charge on any atom is -0.497 e. The van der Waals surface area contributed by atoms with E-state index in [-0.39, 0.29) is 30.1 Å². The average molecular weight is 475 g/mol. The number of carbonyl (C=O) groups is 1. The number of fused-ring (bicyclic) bond motifs is 1. The highest BCUT2D eigenvalue weighted by Gasteiger charge is 2.28. The molecule has 1 amide bonds. The first-order chi connectivity index (χ1) is 16.9. The monoisotopic (exact) mass is 474 g/mol. The van der Waals surface area contributed by atoms with E-state index in [1.807, 2.05) is 30.0 Å². The van der Waals surface area contributed by atoms with E-state index in [0.717, 1.165) is 17.7 Å². The molecule has 5 rings (SSSR count). The number of carbonyl (C=O) groups excluding carboxylic acids is 1. The summed E-state index contributed by atoms with van der Waals surface area (Å²) in [7, 11) is 1.62. The van der Waals surface area contributed by atoms with Gasteiger partial charge in [0.15, 0.2) is 11.6 Å². The standard InChI is InChI=1S/C27H24F2N4O2/c1-17-13-20-7-12-24(35-2)14-21(20)15-32(17)25(34)16-33-27(19-5-10-23(29)11-6-19)30-26(31-33)18-3-8-22(28)9-4-18/h3-12,14,17H,13,15-16H2,1-2H3. The average Bonchev–Trinajstić information content (AvgIpc) is 3.27. The van der Waals surface area contributed by atoms with Gasteiger partial charge in [-0.3, -0.25) is 4.79 Å². The fourth-order valence-electron chi connectivity index (χ4n) is 4.38. The van der Waals surface area contributed by atoms with E-state index in [4.69, 9.17) is 4.74 Å². The molecule has 0 aliphatic carbocycles. The molecule has 1 aliphatic heterocycles. The predicted molar refractivity (Wildman–Crippen MR) is 128 cm³/mol. The van der Waals surface area contributed by atoms with Crippen LogP contribution in [0.2, 0.25) is 0 Å². The lowest BCUT2D eigenvalue weighted by Crippen LogP contribution is -2.44. The van der Waals surface area contributed by atoms with Crippen LogP contribution < -0.4 is 4.74 Å². The Kier molecular flexibility index (Phi) is 6.03. The first kappa shape index (κ1) is 22.7. The van der Waals surface area contributed by atoms with Gasteiger partial charge in [-0.25, -0.2) is 18.4 Å². The number of rotatable bonds is 5. The van der Waals surface area contributed by atoms with Crippen LogP contribution in [0.25, 0.3) is 22.8 Å². The van der Waals surface area contributed by atoms with E-state index in [9.17, 15) is 13.6 Å². The molecule has 3 aromatic carbocycles. The molecular formula is C27H24F2N4O2. The first-order valence-corrected chi connectivity index (χ1v) is 11.3. The molecular weight excluding hydrogens is 450 g/mol. The van der Waals surface area contributed by atoms with Crippen molar-refractivity contribution in [3.8, 4) is 28.5 Å². The van der Waals surface area contributed by atoms with Gasteiger partial charge in [0.05, 0.1) is 7.11 Å². The van der Waals surface area contributed by atoms with Gasteiger partial charge in [-0.1, -0.05) is 6.07 Å². The maximum atomic E-state index is 13.5. The Morgan fingerprint density at radius 1 is 0.971 bits per heavy atom. The van der Waals surface area contributed by atoms with Crippen molar-refractivity contribution >= 4 is 5.91 Å². The summed E-state index contributed by atoms with van der Waals surface area (Å²) in [6, 6.07) is 17.7. The molecule has 1 aromatic heterocycles. The maximum Gasteiger partial charge on any atom is 0.244 e. The summed E-state index contributed by atoms with van der Waals surface area (Å²) in [4.78, 5) is 19.9. The molecule has 0 saturated heterocycles. The lowest BCUT2D eigenvalue weighted by Gasteiger charge is -2.35. The quantitative estimate of drug-likeness (QED) is 0.414. The molecule has 35 heavy (non-hydrogen) atoms. The van der Waals surface area contributed by atoms with Crippen LogP contribution in [0, 0.1) is 11.6 Å². The number of benzene rings is 3. The molecule has 0 radical (unpaired) electrons. The number of hydrogen-bond acceptors (Lipinski definition) is 4. The van der Waals surface area contributed by atoms with Crippen molar-refractivity contribution in [1.29, 1.82) is 0 Å². The van der Waals surface area contributed by atoms with Crippen molar-refractivity contribution in [3.63, 3.8) is 0 Å². The molecule has 178 valence electrons. The first-order valence-electron chi connectivity index (χ1n) is 11.3. The fraction of sp³-hybridized carbons (Fsp3) is 0.222. The van der Waals surface area contributed by atoms with Crippen LogP contribution in [0.5, 0.6) is 5.75 Å². The van der Waals surface area contributed by atoms with E-state index >= 15 is 0 Å². The molecule has 4 aromatic rings. The number of methoxy groups -OCH3 is 1. The van der Waals surface area contributed by atoms with Gasteiger partial charge in [0.2, 0.25) is 5.91 Å². The van der Waals surface area contributed by atoms with Crippen LogP contribution in [0.1, 0.15) is 18.1 Å². The SMILES string of the molecule is COc1ccc2c(c1)CN(C(=O)Cn1nc(-c3ccc(F)cc3)nc1-c1ccc(F)cc1)C(C)C2. The van der Waals surface area contributed by atoms with Crippen molar-refractivity contribution in [1.82, 2.24) is 19.7 Å². The molecule has 0 fully saturated rings. The summed E-state index contributed by atoms with van der Waals surface area (Å²) in [5.74, 6) is 0.710. The molecule has 8 heteroatoms. The minimum absolute atomic E-state index is 0.0118. The van der Waals surface area contributed by atoms with Gasteiger partial charge >= 0.3 is 0 Å². The number of aromatic nitrogens is 3. The van der Waals surface area contributed by atoms with Crippen LogP contribution in [0.4, 0.5) is 8.78 Å². The zero-order valence-corrected chi connectivity index (χ0v) is 19.4. The Bertz CT molecular complexity index is 1370. The van der Waals surface area contributed by atoms with E-state index in [2.05, 4.69) is 10.1 Å². The fourth-order valence-corrected chi connectivity index (χ4v) is 4.38. The van der Waals surface area contributed by atoms with Gasteiger partial charge in [0.25, 0.3) is 0 Å². The molecule has 6 nitrogen and oxygen atoms in total. The summed E-state index contributed by atoms with van der Waals surface area (Å²) in [6.45, 7) is 2.46. The number of amides is 1. The van der Waals surface area contributed by atoms with Crippen LogP contribution in [0.3, 0.4) is 0 Å². The molecule has 0 saturated carbocycles. The third-order valence-corrected chi connectivity index (χ3v) is 6.28. The highest BCUT2D eigenvalue weighted by atomic mass is 19.1. The van der Waals surface area contributed by atoms with Crippen LogP contribution in [0.15, 0.2) is 66.7 Å². The molecule has 0 spiro atoms. The Balaban J connectivity index is 1.47. The molecule has 1 unspecified atom stereocenters. The van der Waals surface area contributed by atoms with Gasteiger partial charge in [0.1, 0.15) is 23.9 Å². The molecule has 1 aliphatic rings. The van der Waals surface area contributed by atoms with Gasteiger partial charge in [-0.05, 0) is 85.1 Å². The zero-order chi connectivity index (χ0) is 24.5. The van der Waals surface area contributed by atoms with E-state index in [1.165, 1.54) is 34.5 Å². The second kappa shape index (κ2) is 9.29. The number of nitrogens with zero attached hydrogens (tertiary/aromatic N) is 4. The highest BCUT2D eigenvalue weighted by molar-refractivity contribution is 5.77. The lowest BCUT2D eigenvalue weighted by atomic mass is 9.94. The summed E-state index contributed by atoms with van der Waals surface area (Å²) >= 11 is 0. The molecule has 0 N–H and O–H groups in total. The molecule has 1 atom stereocenters. The second-order valence-electron chi connectivity index (χ2n) is 8.64. The highest BCUT2D eigenvalue weighted by Crippen LogP contribution is 2.28. The Hall–Kier alpha value is -4.07. The Morgan fingerprint density at radius 2 is 1.63 bits per heavy atom. The van der Waals surface area contributed by atoms with Gasteiger partial charge in [-0.15, -0.1) is 5.10 Å². The third-order valence-electron chi connectivity index (χ3n) is 6.28. The van der Waals surface area contributed by atoms with E-state index in [0.29, 0.717) is 29.3 Å². The predicted octanol–water partition coefficient (Wildman–Crippen LogP) is 4.87. The summed E-state index contributed by atoms with van der Waals surface area (Å²) in [5, 5.41) is 4.56. The van der Waals surface area contributed by atoms with Gasteiger partial charge < -0.3 is 9.64 Å². The van der Waals surface area contributed by atoms with Crippen molar-refractivity contribution in [3.05, 3.63) is 89.5 Å². The van der Waals surface area contributed by atoms with Gasteiger partial charge in [0, 0.05) is 23.7 Å². The largest absolute Gasteiger partial charge is 0.497 e. The number of hydrogen-bond donors (Lipinski definition) is 0. The van der Waals surface area contributed by atoms with E-state index in [1.54, 1.807) is 31.4 Å². The van der Waals surface area contributed by atoms with Crippen LogP contribution in [-0.2, 0) is 24.3 Å². The Morgan fingerprint density at radius 3 is 2.29 bits per heavy atom. The topological polar surface area (TPSA) is 60.2 Å². The third kappa shape index (κ3) is 4.64. The molecule has 2 heterocycles. The van der Waals surface area contributed by atoms with Crippen molar-refractivity contribution in [2.45, 2.75) is 32.5 Å². The maximum absolute atomic E-state index is 13.5.